The highest BCUT2D eigenvalue weighted by Gasteiger charge is 2.44. The third-order valence-electron chi connectivity index (χ3n) is 2.61. The molecule has 0 aromatic carbocycles. The van der Waals surface area contributed by atoms with Crippen LogP contribution < -0.4 is 0 Å². The summed E-state index contributed by atoms with van der Waals surface area (Å²) in [6.45, 7) is 3.13. The van der Waals surface area contributed by atoms with Crippen molar-refractivity contribution in [3.8, 4) is 0 Å². The first kappa shape index (κ1) is 10.9. The summed E-state index contributed by atoms with van der Waals surface area (Å²) in [5, 5.41) is 9.02. The summed E-state index contributed by atoms with van der Waals surface area (Å²) in [6, 6.07) is -0.184. The van der Waals surface area contributed by atoms with Crippen molar-refractivity contribution in [2.75, 3.05) is 19.3 Å². The van der Waals surface area contributed by atoms with E-state index in [4.69, 9.17) is 5.11 Å². The lowest BCUT2D eigenvalue weighted by atomic mass is 10.2. The molecule has 0 aromatic rings. The van der Waals surface area contributed by atoms with Gasteiger partial charge in [0.25, 0.3) is 0 Å². The molecule has 13 heavy (non-hydrogen) atoms. The molecule has 2 atom stereocenters. The second-order valence-electron chi connectivity index (χ2n) is 3.73. The number of nitrogens with zero attached hydrogens (tertiary/aromatic N) is 1. The third kappa shape index (κ3) is 2.38. The van der Waals surface area contributed by atoms with E-state index in [2.05, 4.69) is 6.92 Å². The molecule has 1 heterocycles. The lowest BCUT2D eigenvalue weighted by Gasteiger charge is -2.30. The minimum Gasteiger partial charge on any atom is -0.477 e. The van der Waals surface area contributed by atoms with Gasteiger partial charge in [0.05, 0.1) is 25.5 Å². The summed E-state index contributed by atoms with van der Waals surface area (Å²) in [6.07, 6.45) is 3.00. The Bertz CT molecular complexity index is 198. The Balaban J connectivity index is 2.58. The van der Waals surface area contributed by atoms with Gasteiger partial charge in [0.1, 0.15) is 0 Å². The molecule has 1 aliphatic heterocycles. The standard InChI is InChI=1S/C9H17NO2S/c1-3-7-13-10(2)6-4-5-8(10)9(11)12/h8H,3-7H2,1-2H3/p+1/t8-,10?/m0/s1. The topological polar surface area (TPSA) is 37.3 Å². The number of likely N-dealkylation sites (N-methyl/N-ethyl adjacent to an activating group) is 1. The number of hydrogen-bond donors (Lipinski definition) is 1. The number of rotatable bonds is 4. The van der Waals surface area contributed by atoms with Gasteiger partial charge in [-0.25, -0.2) is 4.79 Å². The molecule has 1 unspecified atom stereocenters. The number of carboxylic acid groups (broad SMARTS) is 1. The highest BCUT2D eigenvalue weighted by molar-refractivity contribution is 7.93. The quantitative estimate of drug-likeness (QED) is 0.560. The summed E-state index contributed by atoms with van der Waals surface area (Å²) >= 11 is 1.78. The predicted octanol–water partition coefficient (Wildman–Crippen LogP) is 1.74. The maximum atomic E-state index is 11.0. The van der Waals surface area contributed by atoms with E-state index in [1.807, 2.05) is 7.05 Å². The molecule has 0 bridgehead atoms. The molecular weight excluding hydrogens is 186 g/mol. The molecule has 0 radical (unpaired) electrons. The number of quaternary nitrogens is 1. The summed E-state index contributed by atoms with van der Waals surface area (Å²) in [7, 11) is 2.05. The molecule has 0 saturated carbocycles. The van der Waals surface area contributed by atoms with Crippen LogP contribution in [-0.4, -0.2) is 40.4 Å². The fourth-order valence-corrected chi connectivity index (χ4v) is 3.07. The predicted molar refractivity (Wildman–Crippen MR) is 54.5 cm³/mol. The summed E-state index contributed by atoms with van der Waals surface area (Å²) < 4.78 is 0.670. The number of likely N-dealkylation sites (tertiary alicyclic amines) is 1. The van der Waals surface area contributed by atoms with Gasteiger partial charge < -0.3 is 5.11 Å². The molecule has 0 aromatic heterocycles. The maximum Gasteiger partial charge on any atom is 0.363 e. The van der Waals surface area contributed by atoms with Gasteiger partial charge in [-0.05, 0) is 6.42 Å². The van der Waals surface area contributed by atoms with Crippen LogP contribution in [0.25, 0.3) is 0 Å². The average Bonchev–Trinajstić information content (AvgIpc) is 2.44. The number of aliphatic carboxylic acids is 1. The van der Waals surface area contributed by atoms with Gasteiger partial charge in [0.15, 0.2) is 6.04 Å². The highest BCUT2D eigenvalue weighted by Crippen LogP contribution is 2.34. The van der Waals surface area contributed by atoms with Crippen LogP contribution in [-0.2, 0) is 4.79 Å². The molecule has 1 rings (SSSR count). The van der Waals surface area contributed by atoms with Crippen LogP contribution in [0.3, 0.4) is 0 Å². The Morgan fingerprint density at radius 2 is 2.38 bits per heavy atom. The third-order valence-corrected chi connectivity index (χ3v) is 4.23. The maximum absolute atomic E-state index is 11.0. The number of hydrogen-bond acceptors (Lipinski definition) is 2. The fourth-order valence-electron chi connectivity index (χ4n) is 1.84. The van der Waals surface area contributed by atoms with Crippen LogP contribution in [0, 0.1) is 0 Å². The molecule has 0 aliphatic carbocycles. The van der Waals surface area contributed by atoms with E-state index in [0.29, 0.717) is 3.89 Å². The van der Waals surface area contributed by atoms with Crippen LogP contribution in [0.2, 0.25) is 0 Å². The second kappa shape index (κ2) is 4.33. The first-order valence-electron chi connectivity index (χ1n) is 4.82. The minimum absolute atomic E-state index is 0.184. The van der Waals surface area contributed by atoms with Crippen LogP contribution in [0.4, 0.5) is 0 Å². The van der Waals surface area contributed by atoms with Gasteiger partial charge in [-0.3, -0.25) is 3.89 Å². The van der Waals surface area contributed by atoms with Gasteiger partial charge in [-0.1, -0.05) is 6.92 Å². The second-order valence-corrected chi connectivity index (χ2v) is 5.23. The van der Waals surface area contributed by atoms with Gasteiger partial charge in [0.2, 0.25) is 0 Å². The lowest BCUT2D eigenvalue weighted by Crippen LogP contribution is -2.46. The summed E-state index contributed by atoms with van der Waals surface area (Å²) in [5.74, 6) is 0.420. The highest BCUT2D eigenvalue weighted by atomic mass is 32.2. The molecule has 1 aliphatic rings. The SMILES string of the molecule is CCCS[N+]1(C)CCC[C@H]1C(=O)O. The number of carbonyl (C=O) groups is 1. The molecular formula is C9H18NO2S+. The summed E-state index contributed by atoms with van der Waals surface area (Å²) in [4.78, 5) is 11.0. The molecule has 1 saturated heterocycles. The zero-order valence-corrected chi connectivity index (χ0v) is 9.14. The summed E-state index contributed by atoms with van der Waals surface area (Å²) in [5.41, 5.74) is 0. The normalized spacial score (nSPS) is 33.5. The Labute approximate surface area is 83.8 Å². The van der Waals surface area contributed by atoms with E-state index in [9.17, 15) is 4.79 Å². The molecule has 3 nitrogen and oxygen atoms in total. The lowest BCUT2D eigenvalue weighted by molar-refractivity contribution is -0.777. The molecule has 4 heteroatoms. The van der Waals surface area contributed by atoms with Gasteiger partial charge in [0, 0.05) is 18.6 Å². The van der Waals surface area contributed by atoms with E-state index in [0.717, 1.165) is 31.6 Å². The number of carboxylic acids is 1. The van der Waals surface area contributed by atoms with E-state index in [1.165, 1.54) is 0 Å². The van der Waals surface area contributed by atoms with Crippen LogP contribution in [0.15, 0.2) is 0 Å². The zero-order chi connectivity index (χ0) is 9.90. The molecule has 1 N–H and O–H groups in total. The monoisotopic (exact) mass is 204 g/mol. The molecule has 0 amide bonds. The largest absolute Gasteiger partial charge is 0.477 e. The molecule has 76 valence electrons. The molecule has 0 spiro atoms. The van der Waals surface area contributed by atoms with E-state index in [-0.39, 0.29) is 6.04 Å². The van der Waals surface area contributed by atoms with Crippen molar-refractivity contribution in [1.82, 2.24) is 0 Å². The van der Waals surface area contributed by atoms with E-state index >= 15 is 0 Å². The first-order valence-corrected chi connectivity index (χ1v) is 5.77. The van der Waals surface area contributed by atoms with Crippen LogP contribution in [0.5, 0.6) is 0 Å². The Morgan fingerprint density at radius 3 is 2.92 bits per heavy atom. The Hall–Kier alpha value is -0.220. The minimum atomic E-state index is -0.636. The van der Waals surface area contributed by atoms with Crippen molar-refractivity contribution >= 4 is 17.9 Å². The average molecular weight is 204 g/mol. The van der Waals surface area contributed by atoms with E-state index < -0.39 is 5.97 Å². The van der Waals surface area contributed by atoms with Gasteiger partial charge in [-0.2, -0.15) is 0 Å². The van der Waals surface area contributed by atoms with Gasteiger partial charge >= 0.3 is 5.97 Å². The molecule has 1 fully saturated rings. The zero-order valence-electron chi connectivity index (χ0n) is 8.32. The van der Waals surface area contributed by atoms with Crippen molar-refractivity contribution in [1.29, 1.82) is 0 Å². The Morgan fingerprint density at radius 1 is 1.69 bits per heavy atom. The van der Waals surface area contributed by atoms with Crippen molar-refractivity contribution in [2.24, 2.45) is 0 Å². The van der Waals surface area contributed by atoms with E-state index in [1.54, 1.807) is 11.9 Å². The smallest absolute Gasteiger partial charge is 0.363 e. The Kier molecular flexibility index (Phi) is 3.62. The van der Waals surface area contributed by atoms with Crippen molar-refractivity contribution in [3.63, 3.8) is 0 Å². The van der Waals surface area contributed by atoms with Crippen molar-refractivity contribution in [2.45, 2.75) is 32.2 Å². The first-order chi connectivity index (χ1) is 6.10. The van der Waals surface area contributed by atoms with Gasteiger partial charge in [-0.15, -0.1) is 0 Å². The van der Waals surface area contributed by atoms with Crippen LogP contribution in [0.1, 0.15) is 26.2 Å². The van der Waals surface area contributed by atoms with Crippen molar-refractivity contribution < 1.29 is 13.8 Å². The van der Waals surface area contributed by atoms with Crippen LogP contribution >= 0.6 is 11.9 Å². The fraction of sp³-hybridized carbons (Fsp3) is 0.889. The van der Waals surface area contributed by atoms with Crippen molar-refractivity contribution in [3.05, 3.63) is 0 Å².